The highest BCUT2D eigenvalue weighted by atomic mass is 16.4. The fourth-order valence-corrected chi connectivity index (χ4v) is 5.05. The van der Waals surface area contributed by atoms with Crippen molar-refractivity contribution in [2.45, 2.75) is 63.5 Å². The topological polar surface area (TPSA) is 143 Å². The molecule has 3 heterocycles. The highest BCUT2D eigenvalue weighted by molar-refractivity contribution is 6.00. The van der Waals surface area contributed by atoms with Crippen LogP contribution in [0.4, 0.5) is 0 Å². The fourth-order valence-electron chi connectivity index (χ4n) is 5.05. The fraction of sp³-hybridized carbons (Fsp3) is 0.560. The second-order valence-electron chi connectivity index (χ2n) is 9.60. The normalized spacial score (nSPS) is 20.5. The van der Waals surface area contributed by atoms with Crippen molar-refractivity contribution in [3.63, 3.8) is 0 Å². The molecule has 2 fully saturated rings. The van der Waals surface area contributed by atoms with Gasteiger partial charge in [-0.25, -0.2) is 4.79 Å². The summed E-state index contributed by atoms with van der Waals surface area (Å²) in [4.78, 5) is 61.8. The number of piperazine rings is 1. The van der Waals surface area contributed by atoms with Crippen molar-refractivity contribution < 1.29 is 24.3 Å². The van der Waals surface area contributed by atoms with Gasteiger partial charge in [-0.3, -0.25) is 33.6 Å². The number of carbonyl (C=O) groups is 4. The molecule has 0 aliphatic carbocycles. The summed E-state index contributed by atoms with van der Waals surface area (Å²) in [6.45, 7) is 1.25. The molecule has 1 aromatic carbocycles. The van der Waals surface area contributed by atoms with E-state index in [2.05, 4.69) is 10.6 Å². The summed E-state index contributed by atoms with van der Waals surface area (Å²) < 4.78 is 3.02. The first-order chi connectivity index (χ1) is 17.3. The molecule has 0 saturated carbocycles. The number of carbonyl (C=O) groups excluding carboxylic acids is 3. The van der Waals surface area contributed by atoms with Crippen LogP contribution in [0.5, 0.6) is 0 Å². The number of nitrogens with one attached hydrogen (secondary N) is 2. The summed E-state index contributed by atoms with van der Waals surface area (Å²) >= 11 is 0. The molecule has 2 aliphatic heterocycles. The molecule has 11 heteroatoms. The van der Waals surface area contributed by atoms with Gasteiger partial charge < -0.3 is 15.3 Å². The maximum Gasteiger partial charge on any atom is 0.329 e. The van der Waals surface area contributed by atoms with Crippen LogP contribution in [0.25, 0.3) is 11.0 Å². The quantitative estimate of drug-likeness (QED) is 0.340. The predicted octanol–water partition coefficient (Wildman–Crippen LogP) is 0.696. The molecule has 2 saturated heterocycles. The molecule has 194 valence electrons. The molecule has 36 heavy (non-hydrogen) atoms. The van der Waals surface area contributed by atoms with Crippen LogP contribution in [0.15, 0.2) is 23.0 Å². The smallest absolute Gasteiger partial charge is 0.329 e. The maximum absolute atomic E-state index is 12.9. The van der Waals surface area contributed by atoms with E-state index >= 15 is 0 Å². The van der Waals surface area contributed by atoms with Crippen molar-refractivity contribution >= 4 is 34.7 Å². The number of imidazole rings is 1. The number of carboxylic acids is 1. The second-order valence-corrected chi connectivity index (χ2v) is 9.60. The summed E-state index contributed by atoms with van der Waals surface area (Å²) in [6.07, 6.45) is 5.35. The maximum atomic E-state index is 12.9. The number of benzene rings is 1. The minimum atomic E-state index is -0.932. The van der Waals surface area contributed by atoms with Crippen LogP contribution in [0, 0.1) is 0 Å². The van der Waals surface area contributed by atoms with Gasteiger partial charge in [0, 0.05) is 39.5 Å². The lowest BCUT2D eigenvalue weighted by Crippen LogP contribution is -2.55. The molecular formula is C25H33N5O6. The largest absolute Gasteiger partial charge is 0.480 e. The number of aliphatic carboxylic acids is 1. The Labute approximate surface area is 208 Å². The predicted molar refractivity (Wildman–Crippen MR) is 131 cm³/mol. The summed E-state index contributed by atoms with van der Waals surface area (Å²) in [7, 11) is 1.69. The number of aryl methyl sites for hydroxylation is 2. The molecule has 3 amide bonds. The van der Waals surface area contributed by atoms with Crippen molar-refractivity contribution in [3.8, 4) is 0 Å². The van der Waals surface area contributed by atoms with Gasteiger partial charge >= 0.3 is 11.7 Å². The molecule has 2 atom stereocenters. The zero-order valence-corrected chi connectivity index (χ0v) is 20.5. The van der Waals surface area contributed by atoms with Crippen molar-refractivity contribution in [1.29, 1.82) is 0 Å². The molecule has 1 aromatic heterocycles. The third-order valence-electron chi connectivity index (χ3n) is 7.11. The molecule has 1 unspecified atom stereocenters. The Morgan fingerprint density at radius 1 is 1.08 bits per heavy atom. The van der Waals surface area contributed by atoms with Crippen molar-refractivity contribution in [2.24, 2.45) is 7.05 Å². The average molecular weight is 500 g/mol. The number of carboxylic acid groups (broad SMARTS) is 1. The van der Waals surface area contributed by atoms with E-state index in [4.69, 9.17) is 5.11 Å². The molecular weight excluding hydrogens is 466 g/mol. The highest BCUT2D eigenvalue weighted by Crippen LogP contribution is 2.24. The Morgan fingerprint density at radius 2 is 1.86 bits per heavy atom. The van der Waals surface area contributed by atoms with Crippen LogP contribution in [-0.4, -0.2) is 68.5 Å². The van der Waals surface area contributed by atoms with Crippen LogP contribution in [0.2, 0.25) is 0 Å². The van der Waals surface area contributed by atoms with E-state index in [1.54, 1.807) is 16.5 Å². The SMILES string of the molecule is Cn1c(=O)n(C2CCC(=O)NC2=O)c2ccc(CCCCCCC(=O)N3CCN[C@H](C(=O)O)C3)cc21. The molecule has 0 radical (unpaired) electrons. The Bertz CT molecular complexity index is 1230. The molecule has 0 spiro atoms. The monoisotopic (exact) mass is 499 g/mol. The number of amides is 3. The number of aromatic nitrogens is 2. The Balaban J connectivity index is 1.27. The van der Waals surface area contributed by atoms with Gasteiger partial charge in [0.1, 0.15) is 12.1 Å². The van der Waals surface area contributed by atoms with Gasteiger partial charge in [0.2, 0.25) is 17.7 Å². The van der Waals surface area contributed by atoms with Crippen LogP contribution >= 0.6 is 0 Å². The van der Waals surface area contributed by atoms with E-state index in [0.29, 0.717) is 31.4 Å². The highest BCUT2D eigenvalue weighted by Gasteiger charge is 2.31. The van der Waals surface area contributed by atoms with Gasteiger partial charge in [-0.2, -0.15) is 0 Å². The van der Waals surface area contributed by atoms with E-state index in [1.807, 2.05) is 18.2 Å². The van der Waals surface area contributed by atoms with Crippen LogP contribution in [0.3, 0.4) is 0 Å². The van der Waals surface area contributed by atoms with E-state index in [-0.39, 0.29) is 30.5 Å². The standard InChI is InChI=1S/C25H33N5O6/c1-28-20-14-16(8-9-18(20)30(25(28)36)19-10-11-21(31)27-23(19)33)6-4-2-3-5-7-22(32)29-13-12-26-17(15-29)24(34)35/h8-9,14,17,19,26H,2-7,10-13,15H2,1H3,(H,34,35)(H,27,31,33)/t17-,19?/m0/s1. The van der Waals surface area contributed by atoms with Gasteiger partial charge in [-0.15, -0.1) is 0 Å². The van der Waals surface area contributed by atoms with E-state index in [0.717, 1.165) is 43.2 Å². The van der Waals surface area contributed by atoms with Gasteiger partial charge in [0.15, 0.2) is 0 Å². The van der Waals surface area contributed by atoms with E-state index < -0.39 is 24.0 Å². The zero-order valence-electron chi connectivity index (χ0n) is 20.5. The number of fused-ring (bicyclic) bond motifs is 1. The summed E-state index contributed by atoms with van der Waals surface area (Å²) in [5, 5.41) is 14.3. The van der Waals surface area contributed by atoms with Crippen molar-refractivity contribution in [1.82, 2.24) is 24.7 Å². The first kappa shape index (κ1) is 25.6. The first-order valence-corrected chi connectivity index (χ1v) is 12.5. The van der Waals surface area contributed by atoms with E-state index in [1.165, 1.54) is 4.57 Å². The third kappa shape index (κ3) is 5.51. The van der Waals surface area contributed by atoms with Crippen LogP contribution < -0.4 is 16.3 Å². The number of unbranched alkanes of at least 4 members (excludes halogenated alkanes) is 3. The van der Waals surface area contributed by atoms with Crippen molar-refractivity contribution in [3.05, 3.63) is 34.2 Å². The number of nitrogens with zero attached hydrogens (tertiary/aromatic N) is 3. The van der Waals surface area contributed by atoms with Crippen molar-refractivity contribution in [2.75, 3.05) is 19.6 Å². The van der Waals surface area contributed by atoms with E-state index in [9.17, 15) is 24.0 Å². The van der Waals surface area contributed by atoms with Crippen LogP contribution in [0.1, 0.15) is 56.6 Å². The second kappa shape index (κ2) is 11.1. The van der Waals surface area contributed by atoms with Gasteiger partial charge in [-0.05, 0) is 43.4 Å². The molecule has 4 rings (SSSR count). The number of imide groups is 1. The van der Waals surface area contributed by atoms with Gasteiger partial charge in [-0.1, -0.05) is 18.9 Å². The lowest BCUT2D eigenvalue weighted by Gasteiger charge is -2.31. The molecule has 11 nitrogen and oxygen atoms in total. The Morgan fingerprint density at radius 3 is 2.61 bits per heavy atom. The zero-order chi connectivity index (χ0) is 25.8. The number of piperidine rings is 1. The molecule has 0 bridgehead atoms. The molecule has 2 aromatic rings. The minimum absolute atomic E-state index is 0.00893. The Kier molecular flexibility index (Phi) is 7.88. The van der Waals surface area contributed by atoms with Crippen LogP contribution in [-0.2, 0) is 32.6 Å². The lowest BCUT2D eigenvalue weighted by atomic mass is 10.0. The average Bonchev–Trinajstić information content (AvgIpc) is 3.10. The molecule has 3 N–H and O–H groups in total. The number of hydrogen-bond donors (Lipinski definition) is 3. The third-order valence-corrected chi connectivity index (χ3v) is 7.11. The Hall–Kier alpha value is -3.47. The first-order valence-electron chi connectivity index (χ1n) is 12.5. The van der Waals surface area contributed by atoms with Gasteiger partial charge in [0.05, 0.1) is 11.0 Å². The number of rotatable bonds is 9. The lowest BCUT2D eigenvalue weighted by molar-refractivity contribution is -0.143. The molecule has 2 aliphatic rings. The summed E-state index contributed by atoms with van der Waals surface area (Å²) in [5.74, 6) is -1.68. The minimum Gasteiger partial charge on any atom is -0.480 e. The summed E-state index contributed by atoms with van der Waals surface area (Å²) in [6, 6.07) is 4.43. The summed E-state index contributed by atoms with van der Waals surface area (Å²) in [5.41, 5.74) is 2.25. The van der Waals surface area contributed by atoms with Gasteiger partial charge in [0.25, 0.3) is 0 Å². The number of hydrogen-bond acceptors (Lipinski definition) is 6.